The summed E-state index contributed by atoms with van der Waals surface area (Å²) >= 11 is 0. The van der Waals surface area contributed by atoms with E-state index >= 15 is 0 Å². The Hall–Kier alpha value is -1.40. The minimum atomic E-state index is -0.390. The second-order valence-corrected chi connectivity index (χ2v) is 4.71. The summed E-state index contributed by atoms with van der Waals surface area (Å²) in [7, 11) is 0. The molecule has 6 heteroatoms. The van der Waals surface area contributed by atoms with Gasteiger partial charge < -0.3 is 15.2 Å². The Morgan fingerprint density at radius 3 is 3.00 bits per heavy atom. The molecule has 3 atom stereocenters. The number of nitrogens with zero attached hydrogens (tertiary/aromatic N) is 2. The smallest absolute Gasteiger partial charge is 0.351 e. The van der Waals surface area contributed by atoms with E-state index in [-0.39, 0.29) is 29.4 Å². The standard InChI is InChI=1S/C11H15N3O3/c1-7-6-11(3-5-16-11)9(17-7)14-4-2-8(12)13-10(14)15/h2,4,7,9H,3,5-6H2,1H3,(H2,12,13,15)/t7?,9?,11-/m1/s1. The van der Waals surface area contributed by atoms with E-state index in [9.17, 15) is 4.79 Å². The molecule has 92 valence electrons. The fourth-order valence-corrected chi connectivity index (χ4v) is 2.62. The molecule has 0 saturated carbocycles. The van der Waals surface area contributed by atoms with E-state index in [1.807, 2.05) is 6.92 Å². The fourth-order valence-electron chi connectivity index (χ4n) is 2.62. The summed E-state index contributed by atoms with van der Waals surface area (Å²) in [5, 5.41) is 0. The molecule has 2 aliphatic heterocycles. The first-order valence-electron chi connectivity index (χ1n) is 5.75. The first-order chi connectivity index (χ1) is 8.11. The number of hydrogen-bond donors (Lipinski definition) is 1. The lowest BCUT2D eigenvalue weighted by atomic mass is 9.89. The summed E-state index contributed by atoms with van der Waals surface area (Å²) < 4.78 is 12.9. The molecule has 0 amide bonds. The van der Waals surface area contributed by atoms with Crippen LogP contribution in [0.2, 0.25) is 0 Å². The van der Waals surface area contributed by atoms with Crippen molar-refractivity contribution in [2.75, 3.05) is 12.3 Å². The van der Waals surface area contributed by atoms with E-state index in [2.05, 4.69) is 4.98 Å². The van der Waals surface area contributed by atoms with Crippen molar-refractivity contribution in [2.24, 2.45) is 0 Å². The second kappa shape index (κ2) is 3.54. The molecule has 0 aromatic carbocycles. The van der Waals surface area contributed by atoms with E-state index < -0.39 is 0 Å². The lowest BCUT2D eigenvalue weighted by Crippen LogP contribution is -2.50. The minimum absolute atomic E-state index is 0.0877. The highest BCUT2D eigenvalue weighted by atomic mass is 16.6. The van der Waals surface area contributed by atoms with E-state index in [0.29, 0.717) is 0 Å². The Morgan fingerprint density at radius 2 is 2.41 bits per heavy atom. The van der Waals surface area contributed by atoms with Gasteiger partial charge in [0.2, 0.25) is 0 Å². The Morgan fingerprint density at radius 1 is 1.65 bits per heavy atom. The lowest BCUT2D eigenvalue weighted by Gasteiger charge is -2.42. The van der Waals surface area contributed by atoms with E-state index in [0.717, 1.165) is 19.4 Å². The quantitative estimate of drug-likeness (QED) is 0.759. The van der Waals surface area contributed by atoms with Crippen LogP contribution in [0.4, 0.5) is 5.82 Å². The summed E-state index contributed by atoms with van der Waals surface area (Å²) in [6.45, 7) is 2.71. The van der Waals surface area contributed by atoms with Gasteiger partial charge in [0.25, 0.3) is 0 Å². The maximum absolute atomic E-state index is 11.8. The summed E-state index contributed by atoms with van der Waals surface area (Å²) in [5.41, 5.74) is 4.74. The van der Waals surface area contributed by atoms with Crippen molar-refractivity contribution in [1.29, 1.82) is 0 Å². The average molecular weight is 237 g/mol. The van der Waals surface area contributed by atoms with Gasteiger partial charge in [-0.1, -0.05) is 0 Å². The molecule has 2 aliphatic rings. The summed E-state index contributed by atoms with van der Waals surface area (Å²) in [6.07, 6.45) is 3.06. The van der Waals surface area contributed by atoms with Crippen LogP contribution >= 0.6 is 0 Å². The van der Waals surface area contributed by atoms with Gasteiger partial charge in [-0.3, -0.25) is 4.57 Å². The zero-order chi connectivity index (χ0) is 12.0. The van der Waals surface area contributed by atoms with Gasteiger partial charge in [0, 0.05) is 19.0 Å². The molecular weight excluding hydrogens is 222 g/mol. The molecule has 17 heavy (non-hydrogen) atoms. The molecule has 1 spiro atoms. The van der Waals surface area contributed by atoms with Gasteiger partial charge in [-0.15, -0.1) is 0 Å². The molecule has 1 aromatic heterocycles. The number of anilines is 1. The Bertz CT molecular complexity index is 495. The van der Waals surface area contributed by atoms with Crippen LogP contribution in [-0.4, -0.2) is 27.9 Å². The van der Waals surface area contributed by atoms with Gasteiger partial charge in [0.05, 0.1) is 12.7 Å². The third kappa shape index (κ3) is 1.56. The molecule has 2 fully saturated rings. The van der Waals surface area contributed by atoms with E-state index in [4.69, 9.17) is 15.2 Å². The normalized spacial score (nSPS) is 36.1. The zero-order valence-electron chi connectivity index (χ0n) is 9.63. The molecule has 0 bridgehead atoms. The van der Waals surface area contributed by atoms with Crippen molar-refractivity contribution in [3.05, 3.63) is 22.7 Å². The predicted octanol–water partition coefficient (Wildman–Crippen LogP) is 0.292. The van der Waals surface area contributed by atoms with Crippen LogP contribution in [0.5, 0.6) is 0 Å². The van der Waals surface area contributed by atoms with Crippen LogP contribution in [0.25, 0.3) is 0 Å². The molecule has 2 saturated heterocycles. The van der Waals surface area contributed by atoms with Crippen molar-refractivity contribution >= 4 is 5.82 Å². The monoisotopic (exact) mass is 237 g/mol. The first kappa shape index (κ1) is 10.7. The number of aromatic nitrogens is 2. The van der Waals surface area contributed by atoms with E-state index in [1.54, 1.807) is 12.3 Å². The minimum Gasteiger partial charge on any atom is -0.383 e. The molecule has 3 heterocycles. The number of rotatable bonds is 1. The highest BCUT2D eigenvalue weighted by Crippen LogP contribution is 2.47. The molecule has 0 radical (unpaired) electrons. The number of nitrogen functional groups attached to an aromatic ring is 1. The molecule has 1 aromatic rings. The molecule has 2 unspecified atom stereocenters. The van der Waals surface area contributed by atoms with Crippen LogP contribution in [-0.2, 0) is 9.47 Å². The predicted molar refractivity (Wildman–Crippen MR) is 60.4 cm³/mol. The van der Waals surface area contributed by atoms with Crippen LogP contribution in [0.3, 0.4) is 0 Å². The van der Waals surface area contributed by atoms with Crippen LogP contribution in [0.1, 0.15) is 26.0 Å². The van der Waals surface area contributed by atoms with Crippen molar-refractivity contribution in [3.8, 4) is 0 Å². The topological polar surface area (TPSA) is 79.4 Å². The van der Waals surface area contributed by atoms with E-state index in [1.165, 1.54) is 4.57 Å². The highest BCUT2D eigenvalue weighted by molar-refractivity contribution is 5.23. The van der Waals surface area contributed by atoms with Crippen molar-refractivity contribution in [3.63, 3.8) is 0 Å². The molecule has 0 aliphatic carbocycles. The van der Waals surface area contributed by atoms with Gasteiger partial charge >= 0.3 is 5.69 Å². The van der Waals surface area contributed by atoms with Gasteiger partial charge in [0.15, 0.2) is 6.23 Å². The van der Waals surface area contributed by atoms with Crippen molar-refractivity contribution < 1.29 is 9.47 Å². The Balaban J connectivity index is 2.00. The zero-order valence-corrected chi connectivity index (χ0v) is 9.63. The fraction of sp³-hybridized carbons (Fsp3) is 0.636. The maximum atomic E-state index is 11.8. The molecule has 3 rings (SSSR count). The van der Waals surface area contributed by atoms with Crippen molar-refractivity contribution in [2.45, 2.75) is 37.7 Å². The van der Waals surface area contributed by atoms with Gasteiger partial charge in [-0.2, -0.15) is 4.98 Å². The summed E-state index contributed by atoms with van der Waals surface area (Å²) in [4.78, 5) is 15.5. The average Bonchev–Trinajstić information content (AvgIpc) is 2.55. The molecule has 2 N–H and O–H groups in total. The summed E-state index contributed by atoms with van der Waals surface area (Å²) in [6, 6.07) is 1.60. The van der Waals surface area contributed by atoms with Crippen LogP contribution < -0.4 is 11.4 Å². The van der Waals surface area contributed by atoms with Gasteiger partial charge in [-0.05, 0) is 13.0 Å². The maximum Gasteiger partial charge on any atom is 0.351 e. The second-order valence-electron chi connectivity index (χ2n) is 4.71. The molecule has 6 nitrogen and oxygen atoms in total. The van der Waals surface area contributed by atoms with Crippen LogP contribution in [0.15, 0.2) is 17.1 Å². The van der Waals surface area contributed by atoms with Gasteiger partial charge in [0.1, 0.15) is 11.4 Å². The van der Waals surface area contributed by atoms with Crippen molar-refractivity contribution in [1.82, 2.24) is 9.55 Å². The number of hydrogen-bond acceptors (Lipinski definition) is 5. The van der Waals surface area contributed by atoms with Crippen LogP contribution in [0, 0.1) is 0 Å². The third-order valence-electron chi connectivity index (χ3n) is 3.46. The largest absolute Gasteiger partial charge is 0.383 e. The Labute approximate surface area is 98.4 Å². The SMILES string of the molecule is CC1C[C@]2(CCO2)C(n2ccc(N)nc2=O)O1. The summed E-state index contributed by atoms with van der Waals surface area (Å²) in [5.74, 6) is 0.223. The number of ether oxygens (including phenoxy) is 2. The Kier molecular flexibility index (Phi) is 2.24. The third-order valence-corrected chi connectivity index (χ3v) is 3.46. The number of nitrogens with two attached hydrogens (primary N) is 1. The van der Waals surface area contributed by atoms with Gasteiger partial charge in [-0.25, -0.2) is 4.79 Å². The first-order valence-corrected chi connectivity index (χ1v) is 5.75. The highest BCUT2D eigenvalue weighted by Gasteiger charge is 2.54. The lowest BCUT2D eigenvalue weighted by molar-refractivity contribution is -0.201. The molecular formula is C11H15N3O3.